The van der Waals surface area contributed by atoms with Crippen LogP contribution >= 0.6 is 39.3 Å². The zero-order valence-electron chi connectivity index (χ0n) is 9.97. The molecule has 0 atom stereocenters. The van der Waals surface area contributed by atoms with Crippen molar-refractivity contribution in [3.8, 4) is 5.75 Å². The summed E-state index contributed by atoms with van der Waals surface area (Å²) >= 11 is 11.1. The minimum atomic E-state index is -2.86. The van der Waals surface area contributed by atoms with E-state index in [1.807, 2.05) is 11.8 Å². The lowest BCUT2D eigenvalue weighted by atomic mass is 10.1. The minimum Gasteiger partial charge on any atom is -0.431 e. The average Bonchev–Trinajstić information content (AvgIpc) is 2.34. The van der Waals surface area contributed by atoms with Gasteiger partial charge in [0.05, 0.1) is 10.2 Å². The van der Waals surface area contributed by atoms with Crippen molar-refractivity contribution in [3.05, 3.63) is 21.6 Å². The van der Waals surface area contributed by atoms with Crippen molar-refractivity contribution in [2.24, 2.45) is 0 Å². The number of alkyl halides is 2. The van der Waals surface area contributed by atoms with Gasteiger partial charge < -0.3 is 10.1 Å². The van der Waals surface area contributed by atoms with Gasteiger partial charge >= 0.3 is 6.61 Å². The van der Waals surface area contributed by atoms with Crippen molar-refractivity contribution < 1.29 is 13.5 Å². The van der Waals surface area contributed by atoms with Gasteiger partial charge in [0.1, 0.15) is 0 Å². The van der Waals surface area contributed by atoms with Crippen molar-refractivity contribution in [2.45, 2.75) is 25.5 Å². The fraction of sp³-hybridized carbons (Fsp3) is 0.500. The first kappa shape index (κ1) is 15.2. The van der Waals surface area contributed by atoms with Gasteiger partial charge in [-0.05, 0) is 52.4 Å². The average molecular weight is 373 g/mol. The van der Waals surface area contributed by atoms with E-state index in [-0.39, 0.29) is 11.8 Å². The maximum Gasteiger partial charge on any atom is 0.387 e. The summed E-state index contributed by atoms with van der Waals surface area (Å²) in [7, 11) is 0. The van der Waals surface area contributed by atoms with Crippen LogP contribution in [-0.4, -0.2) is 24.2 Å². The molecule has 0 spiro atoms. The Kier molecular flexibility index (Phi) is 5.59. The second kappa shape index (κ2) is 6.99. The van der Waals surface area contributed by atoms with Crippen LogP contribution in [0.25, 0.3) is 0 Å². The van der Waals surface area contributed by atoms with Crippen molar-refractivity contribution in [2.75, 3.05) is 16.8 Å². The van der Waals surface area contributed by atoms with Crippen LogP contribution in [0.15, 0.2) is 16.6 Å². The van der Waals surface area contributed by atoms with Gasteiger partial charge in [-0.25, -0.2) is 0 Å². The fourth-order valence-electron chi connectivity index (χ4n) is 1.94. The van der Waals surface area contributed by atoms with Crippen LogP contribution in [0.4, 0.5) is 14.5 Å². The Balaban J connectivity index is 2.20. The maximum atomic E-state index is 12.5. The van der Waals surface area contributed by atoms with Crippen LogP contribution in [0.5, 0.6) is 5.75 Å². The summed E-state index contributed by atoms with van der Waals surface area (Å²) in [6.07, 6.45) is 2.01. The Morgan fingerprint density at radius 2 is 2.05 bits per heavy atom. The second-order valence-electron chi connectivity index (χ2n) is 4.17. The van der Waals surface area contributed by atoms with Gasteiger partial charge in [-0.3, -0.25) is 0 Å². The van der Waals surface area contributed by atoms with E-state index in [2.05, 4.69) is 26.0 Å². The third-order valence-electron chi connectivity index (χ3n) is 2.80. The summed E-state index contributed by atoms with van der Waals surface area (Å²) in [4.78, 5) is 0. The molecule has 106 valence electrons. The molecule has 1 aliphatic rings. The Labute approximate surface area is 128 Å². The summed E-state index contributed by atoms with van der Waals surface area (Å²) in [6, 6.07) is 3.43. The number of rotatable bonds is 4. The molecule has 2 nitrogen and oxygen atoms in total. The van der Waals surface area contributed by atoms with Crippen molar-refractivity contribution >= 4 is 45.0 Å². The monoisotopic (exact) mass is 371 g/mol. The molecule has 0 saturated carbocycles. The SMILES string of the molecule is FC(F)Oc1c(Br)cc(Cl)cc1NC1CCSCC1. The molecule has 0 bridgehead atoms. The Hall–Kier alpha value is -0.200. The lowest BCUT2D eigenvalue weighted by molar-refractivity contribution is -0.0498. The maximum absolute atomic E-state index is 12.5. The predicted octanol–water partition coefficient (Wildman–Crippen LogP) is 5.01. The fourth-order valence-corrected chi connectivity index (χ4v) is 3.95. The van der Waals surface area contributed by atoms with E-state index >= 15 is 0 Å². The van der Waals surface area contributed by atoms with E-state index < -0.39 is 6.61 Å². The van der Waals surface area contributed by atoms with Gasteiger partial charge in [0.25, 0.3) is 0 Å². The Morgan fingerprint density at radius 3 is 2.68 bits per heavy atom. The molecule has 0 unspecified atom stereocenters. The Bertz CT molecular complexity index is 444. The summed E-state index contributed by atoms with van der Waals surface area (Å²) in [5.41, 5.74) is 0.511. The van der Waals surface area contributed by atoms with E-state index in [1.165, 1.54) is 0 Å². The molecule has 0 radical (unpaired) electrons. The van der Waals surface area contributed by atoms with Crippen molar-refractivity contribution in [1.82, 2.24) is 0 Å². The molecule has 1 fully saturated rings. The summed E-state index contributed by atoms with van der Waals surface area (Å²) in [5, 5.41) is 3.72. The lowest BCUT2D eigenvalue weighted by Gasteiger charge is -2.25. The number of anilines is 1. The predicted molar refractivity (Wildman–Crippen MR) is 79.8 cm³/mol. The summed E-state index contributed by atoms with van der Waals surface area (Å²) < 4.78 is 29.9. The first-order chi connectivity index (χ1) is 9.06. The number of thioether (sulfide) groups is 1. The van der Waals surface area contributed by atoms with E-state index in [9.17, 15) is 8.78 Å². The second-order valence-corrected chi connectivity index (χ2v) is 6.69. The molecule has 0 aromatic heterocycles. The van der Waals surface area contributed by atoms with Gasteiger partial charge in [-0.15, -0.1) is 0 Å². The highest BCUT2D eigenvalue weighted by molar-refractivity contribution is 9.10. The molecule has 19 heavy (non-hydrogen) atoms. The number of hydrogen-bond acceptors (Lipinski definition) is 3. The molecule has 7 heteroatoms. The normalized spacial score (nSPS) is 16.7. The van der Waals surface area contributed by atoms with Crippen molar-refractivity contribution in [3.63, 3.8) is 0 Å². The molecule has 1 heterocycles. The standard InChI is InChI=1S/C12H13BrClF2NOS/c13-9-5-7(14)6-10(11(9)18-12(15)16)17-8-1-3-19-4-2-8/h5-6,8,12,17H,1-4H2. The third kappa shape index (κ3) is 4.39. The molecular weight excluding hydrogens is 360 g/mol. The van der Waals surface area contributed by atoms with Crippen molar-refractivity contribution in [1.29, 1.82) is 0 Å². The van der Waals surface area contributed by atoms with Crippen LogP contribution in [0.2, 0.25) is 5.02 Å². The van der Waals surface area contributed by atoms with Gasteiger partial charge in [0, 0.05) is 11.1 Å². The quantitative estimate of drug-likeness (QED) is 0.802. The lowest BCUT2D eigenvalue weighted by Crippen LogP contribution is -2.25. The number of halogens is 4. The van der Waals surface area contributed by atoms with Crippen LogP contribution in [0.1, 0.15) is 12.8 Å². The first-order valence-electron chi connectivity index (χ1n) is 5.84. The van der Waals surface area contributed by atoms with E-state index in [4.69, 9.17) is 11.6 Å². The highest BCUT2D eigenvalue weighted by Gasteiger charge is 2.19. The van der Waals surface area contributed by atoms with Gasteiger partial charge in [0.2, 0.25) is 0 Å². The van der Waals surface area contributed by atoms with Gasteiger partial charge in [0.15, 0.2) is 5.75 Å². The molecule has 1 aliphatic heterocycles. The molecule has 1 N–H and O–H groups in total. The largest absolute Gasteiger partial charge is 0.431 e. The minimum absolute atomic E-state index is 0.109. The summed E-state index contributed by atoms with van der Waals surface area (Å²) in [5.74, 6) is 2.26. The Morgan fingerprint density at radius 1 is 1.37 bits per heavy atom. The number of hydrogen-bond donors (Lipinski definition) is 1. The molecular formula is C12H13BrClF2NOS. The smallest absolute Gasteiger partial charge is 0.387 e. The van der Waals surface area contributed by atoms with Gasteiger partial charge in [-0.2, -0.15) is 20.5 Å². The topological polar surface area (TPSA) is 21.3 Å². The number of benzene rings is 1. The van der Waals surface area contributed by atoms with E-state index in [0.29, 0.717) is 15.2 Å². The third-order valence-corrected chi connectivity index (χ3v) is 4.65. The van der Waals surface area contributed by atoms with Gasteiger partial charge in [-0.1, -0.05) is 11.6 Å². The molecule has 1 aromatic carbocycles. The number of nitrogens with one attached hydrogen (secondary N) is 1. The number of ether oxygens (including phenoxy) is 1. The molecule has 0 aliphatic carbocycles. The van der Waals surface area contributed by atoms with Crippen LogP contribution in [0.3, 0.4) is 0 Å². The van der Waals surface area contributed by atoms with Crippen LogP contribution in [-0.2, 0) is 0 Å². The highest BCUT2D eigenvalue weighted by atomic mass is 79.9. The van der Waals surface area contributed by atoms with E-state index in [1.54, 1.807) is 12.1 Å². The van der Waals surface area contributed by atoms with Crippen LogP contribution in [0, 0.1) is 0 Å². The molecule has 1 saturated heterocycles. The van der Waals surface area contributed by atoms with E-state index in [0.717, 1.165) is 24.3 Å². The first-order valence-corrected chi connectivity index (χ1v) is 8.17. The summed E-state index contributed by atoms with van der Waals surface area (Å²) in [6.45, 7) is -2.86. The molecule has 0 amide bonds. The highest BCUT2D eigenvalue weighted by Crippen LogP contribution is 2.38. The molecule has 1 aromatic rings. The van der Waals surface area contributed by atoms with Crippen LogP contribution < -0.4 is 10.1 Å². The zero-order valence-corrected chi connectivity index (χ0v) is 13.1. The zero-order chi connectivity index (χ0) is 13.8. The molecule has 2 rings (SSSR count).